The molecule has 0 radical (unpaired) electrons. The maximum Gasteiger partial charge on any atom is 0.0654 e. The normalized spacial score (nSPS) is 15.9. The number of fused-ring (bicyclic) bond motifs is 2. The van der Waals surface area contributed by atoms with Gasteiger partial charge in [0.05, 0.1) is 11.4 Å². The topological polar surface area (TPSA) is 24.1 Å². The van der Waals surface area contributed by atoms with Crippen LogP contribution in [0, 0.1) is 0 Å². The Morgan fingerprint density at radius 1 is 0.680 bits per heavy atom. The first-order chi connectivity index (χ1) is 12.2. The molecule has 0 unspecified atom stereocenters. The van der Waals surface area contributed by atoms with E-state index in [1.165, 1.54) is 38.3 Å². The summed E-state index contributed by atoms with van der Waals surface area (Å²) in [7, 11) is 0. The Hall–Kier alpha value is -3.00. The van der Waals surface area contributed by atoms with Gasteiger partial charge in [0.1, 0.15) is 0 Å². The molecule has 0 fully saturated rings. The SMILES string of the molecule is CC(C)=C1NC=CN/C1=C(/C)c1c2ccccc2cc2ccccc12. The maximum atomic E-state index is 3.46. The minimum Gasteiger partial charge on any atom is -0.359 e. The van der Waals surface area contributed by atoms with Crippen LogP contribution in [-0.4, -0.2) is 0 Å². The van der Waals surface area contributed by atoms with Crippen molar-refractivity contribution in [3.8, 4) is 0 Å². The van der Waals surface area contributed by atoms with Crippen molar-refractivity contribution in [2.24, 2.45) is 0 Å². The smallest absolute Gasteiger partial charge is 0.0654 e. The van der Waals surface area contributed by atoms with Gasteiger partial charge in [-0.2, -0.15) is 0 Å². The maximum absolute atomic E-state index is 3.46. The Morgan fingerprint density at radius 3 is 1.76 bits per heavy atom. The molecule has 3 aromatic rings. The average Bonchev–Trinajstić information content (AvgIpc) is 2.65. The second-order valence-corrected chi connectivity index (χ2v) is 6.69. The van der Waals surface area contributed by atoms with Crippen LogP contribution in [0.25, 0.3) is 27.1 Å². The molecule has 2 N–H and O–H groups in total. The van der Waals surface area contributed by atoms with Crippen LogP contribution in [0.1, 0.15) is 26.3 Å². The Bertz CT molecular complexity index is 1010. The monoisotopic (exact) mass is 326 g/mol. The molecule has 3 aromatic carbocycles. The van der Waals surface area contributed by atoms with Gasteiger partial charge in [0.15, 0.2) is 0 Å². The first-order valence-electron chi connectivity index (χ1n) is 8.64. The van der Waals surface area contributed by atoms with Crippen molar-refractivity contribution in [1.82, 2.24) is 10.6 Å². The average molecular weight is 326 g/mol. The van der Waals surface area contributed by atoms with Crippen molar-refractivity contribution in [2.75, 3.05) is 0 Å². The molecule has 2 nitrogen and oxygen atoms in total. The van der Waals surface area contributed by atoms with E-state index in [9.17, 15) is 0 Å². The quantitative estimate of drug-likeness (QED) is 0.562. The molecule has 1 aliphatic rings. The molecule has 124 valence electrons. The number of benzene rings is 3. The highest BCUT2D eigenvalue weighted by molar-refractivity contribution is 6.09. The lowest BCUT2D eigenvalue weighted by Gasteiger charge is -2.23. The van der Waals surface area contributed by atoms with Crippen LogP contribution in [-0.2, 0) is 0 Å². The Kier molecular flexibility index (Phi) is 3.81. The molecule has 0 saturated carbocycles. The predicted molar refractivity (Wildman–Crippen MR) is 108 cm³/mol. The zero-order valence-electron chi connectivity index (χ0n) is 14.9. The van der Waals surface area contributed by atoms with Crippen LogP contribution >= 0.6 is 0 Å². The van der Waals surface area contributed by atoms with Crippen molar-refractivity contribution >= 4 is 27.1 Å². The van der Waals surface area contributed by atoms with E-state index in [-0.39, 0.29) is 0 Å². The fourth-order valence-electron chi connectivity index (χ4n) is 3.63. The van der Waals surface area contributed by atoms with Crippen LogP contribution in [0.5, 0.6) is 0 Å². The number of nitrogens with one attached hydrogen (secondary N) is 2. The van der Waals surface area contributed by atoms with Gasteiger partial charge in [-0.15, -0.1) is 0 Å². The lowest BCUT2D eigenvalue weighted by Crippen LogP contribution is -2.24. The van der Waals surface area contributed by atoms with E-state index in [1.54, 1.807) is 0 Å². The van der Waals surface area contributed by atoms with E-state index >= 15 is 0 Å². The summed E-state index contributed by atoms with van der Waals surface area (Å²) in [6, 6.07) is 19.5. The fourth-order valence-corrected chi connectivity index (χ4v) is 3.63. The Balaban J connectivity index is 2.13. The lowest BCUT2D eigenvalue weighted by molar-refractivity contribution is 0.896. The fraction of sp³-hybridized carbons (Fsp3) is 0.130. The molecule has 25 heavy (non-hydrogen) atoms. The van der Waals surface area contributed by atoms with Crippen molar-refractivity contribution < 1.29 is 0 Å². The van der Waals surface area contributed by atoms with Crippen LogP contribution in [0.15, 0.2) is 84.0 Å². The largest absolute Gasteiger partial charge is 0.359 e. The van der Waals surface area contributed by atoms with Crippen molar-refractivity contribution in [2.45, 2.75) is 20.8 Å². The van der Waals surface area contributed by atoms with Gasteiger partial charge in [-0.3, -0.25) is 0 Å². The van der Waals surface area contributed by atoms with Gasteiger partial charge in [-0.25, -0.2) is 0 Å². The van der Waals surface area contributed by atoms with Crippen molar-refractivity contribution in [3.05, 3.63) is 89.5 Å². The summed E-state index contributed by atoms with van der Waals surface area (Å²) >= 11 is 0. The van der Waals surface area contributed by atoms with Crippen molar-refractivity contribution in [1.29, 1.82) is 0 Å². The molecule has 0 bridgehead atoms. The van der Waals surface area contributed by atoms with Crippen LogP contribution < -0.4 is 10.6 Å². The summed E-state index contributed by atoms with van der Waals surface area (Å²) in [6.07, 6.45) is 3.90. The summed E-state index contributed by atoms with van der Waals surface area (Å²) in [5, 5.41) is 12.0. The zero-order valence-corrected chi connectivity index (χ0v) is 14.9. The van der Waals surface area contributed by atoms with Gasteiger partial charge in [-0.05, 0) is 59.5 Å². The standard InChI is InChI=1S/C23H22N2/c1-15(2)22-23(25-13-12-24-22)16(3)21-19-10-6-4-8-17(19)14-18-9-5-7-11-20(18)21/h4-14,24-25H,1-3H3/b23-16-. The number of rotatable bonds is 1. The molecule has 0 amide bonds. The third-order valence-electron chi connectivity index (χ3n) is 4.81. The van der Waals surface area contributed by atoms with Crippen LogP contribution in [0.4, 0.5) is 0 Å². The highest BCUT2D eigenvalue weighted by Crippen LogP contribution is 2.35. The van der Waals surface area contributed by atoms with Crippen LogP contribution in [0.2, 0.25) is 0 Å². The van der Waals surface area contributed by atoms with Gasteiger partial charge in [0.25, 0.3) is 0 Å². The molecule has 1 heterocycles. The molecule has 0 atom stereocenters. The molecule has 0 aromatic heterocycles. The molecule has 0 aliphatic carbocycles. The van der Waals surface area contributed by atoms with Crippen molar-refractivity contribution in [3.63, 3.8) is 0 Å². The highest BCUT2D eigenvalue weighted by atomic mass is 15.0. The van der Waals surface area contributed by atoms with Gasteiger partial charge in [0.2, 0.25) is 0 Å². The summed E-state index contributed by atoms with van der Waals surface area (Å²) in [6.45, 7) is 6.48. The third-order valence-corrected chi connectivity index (χ3v) is 4.81. The van der Waals surface area contributed by atoms with Gasteiger partial charge in [-0.1, -0.05) is 54.1 Å². The summed E-state index contributed by atoms with van der Waals surface area (Å²) in [4.78, 5) is 0. The van der Waals surface area contributed by atoms with Crippen LogP contribution in [0.3, 0.4) is 0 Å². The molecule has 1 aliphatic heterocycles. The molecule has 2 heteroatoms. The molecule has 4 rings (SSSR count). The second kappa shape index (κ2) is 6.14. The van der Waals surface area contributed by atoms with E-state index in [0.717, 1.165) is 11.4 Å². The molecular weight excluding hydrogens is 304 g/mol. The third kappa shape index (κ3) is 2.60. The number of allylic oxidation sites excluding steroid dienone is 2. The molecular formula is C23H22N2. The van der Waals surface area contributed by atoms with E-state index in [4.69, 9.17) is 0 Å². The second-order valence-electron chi connectivity index (χ2n) is 6.69. The summed E-state index contributed by atoms with van der Waals surface area (Å²) in [5.41, 5.74) is 6.10. The molecule has 0 spiro atoms. The first kappa shape index (κ1) is 15.5. The van der Waals surface area contributed by atoms with Gasteiger partial charge in [0, 0.05) is 12.4 Å². The minimum absolute atomic E-state index is 1.14. The first-order valence-corrected chi connectivity index (χ1v) is 8.64. The van der Waals surface area contributed by atoms with Gasteiger partial charge >= 0.3 is 0 Å². The number of hydrogen-bond donors (Lipinski definition) is 2. The Morgan fingerprint density at radius 2 is 1.20 bits per heavy atom. The molecule has 0 saturated heterocycles. The highest BCUT2D eigenvalue weighted by Gasteiger charge is 2.16. The van der Waals surface area contributed by atoms with E-state index in [2.05, 4.69) is 86.0 Å². The Labute approximate surface area is 148 Å². The van der Waals surface area contributed by atoms with E-state index in [0.29, 0.717) is 0 Å². The zero-order chi connectivity index (χ0) is 17.4. The predicted octanol–water partition coefficient (Wildman–Crippen LogP) is 5.68. The lowest BCUT2D eigenvalue weighted by atomic mass is 9.90. The van der Waals surface area contributed by atoms with E-state index in [1.807, 2.05) is 12.4 Å². The minimum atomic E-state index is 1.14. The number of hydrogen-bond acceptors (Lipinski definition) is 2. The summed E-state index contributed by atoms with van der Waals surface area (Å²) < 4.78 is 0. The summed E-state index contributed by atoms with van der Waals surface area (Å²) in [5.74, 6) is 0. The van der Waals surface area contributed by atoms with Gasteiger partial charge < -0.3 is 10.6 Å². The van der Waals surface area contributed by atoms with E-state index < -0.39 is 0 Å².